The molecule has 0 aliphatic carbocycles. The van der Waals surface area contributed by atoms with E-state index < -0.39 is 11.7 Å². The molecule has 3 nitrogen and oxygen atoms in total. The first-order valence-electron chi connectivity index (χ1n) is 8.54. The molecule has 0 amide bonds. The van der Waals surface area contributed by atoms with E-state index in [2.05, 4.69) is 4.99 Å². The minimum absolute atomic E-state index is 0.119. The molecule has 0 unspecified atom stereocenters. The fourth-order valence-corrected chi connectivity index (χ4v) is 2.89. The van der Waals surface area contributed by atoms with Gasteiger partial charge in [0.1, 0.15) is 0 Å². The summed E-state index contributed by atoms with van der Waals surface area (Å²) in [4.78, 5) is 8.05. The zero-order valence-corrected chi connectivity index (χ0v) is 16.6. The van der Waals surface area contributed by atoms with E-state index in [4.69, 9.17) is 11.6 Å². The van der Waals surface area contributed by atoms with Crippen LogP contribution in [0.15, 0.2) is 41.4 Å². The van der Waals surface area contributed by atoms with Crippen molar-refractivity contribution < 1.29 is 13.2 Å². The first-order valence-corrected chi connectivity index (χ1v) is 8.92. The number of rotatable bonds is 6. The number of nitrogens with zero attached hydrogens (tertiary/aromatic N) is 3. The highest BCUT2D eigenvalue weighted by Crippen LogP contribution is 2.35. The van der Waals surface area contributed by atoms with E-state index >= 15 is 0 Å². The van der Waals surface area contributed by atoms with Crippen LogP contribution < -0.4 is 4.90 Å². The van der Waals surface area contributed by atoms with Crippen molar-refractivity contribution in [2.45, 2.75) is 26.6 Å². The van der Waals surface area contributed by atoms with Crippen molar-refractivity contribution in [3.05, 3.63) is 58.1 Å². The predicted molar refractivity (Wildman–Crippen MR) is 106 cm³/mol. The van der Waals surface area contributed by atoms with E-state index in [1.54, 1.807) is 30.4 Å². The fraction of sp³-hybridized carbons (Fsp3) is 0.350. The summed E-state index contributed by atoms with van der Waals surface area (Å²) >= 11 is 6.34. The van der Waals surface area contributed by atoms with Crippen LogP contribution in [0.25, 0.3) is 0 Å². The molecule has 0 spiro atoms. The van der Waals surface area contributed by atoms with E-state index in [1.807, 2.05) is 31.9 Å². The maximum atomic E-state index is 13.2. The third-order valence-corrected chi connectivity index (χ3v) is 4.60. The molecular weight excluding hydrogens is 375 g/mol. The molecule has 0 aliphatic rings. The zero-order chi connectivity index (χ0) is 20.2. The third kappa shape index (κ3) is 5.39. The second-order valence-corrected chi connectivity index (χ2v) is 6.83. The molecule has 7 heteroatoms. The molecule has 2 aromatic rings. The molecular formula is C20H23ClF3N3. The molecule has 0 radical (unpaired) electrons. The van der Waals surface area contributed by atoms with Gasteiger partial charge in [0.25, 0.3) is 0 Å². The van der Waals surface area contributed by atoms with Crippen LogP contribution in [0.5, 0.6) is 0 Å². The van der Waals surface area contributed by atoms with Gasteiger partial charge in [0.15, 0.2) is 0 Å². The van der Waals surface area contributed by atoms with Gasteiger partial charge in [0.05, 0.1) is 22.6 Å². The molecule has 0 aromatic heterocycles. The normalized spacial score (nSPS) is 11.9. The highest BCUT2D eigenvalue weighted by molar-refractivity contribution is 6.33. The van der Waals surface area contributed by atoms with Gasteiger partial charge < -0.3 is 9.80 Å². The Morgan fingerprint density at radius 2 is 1.81 bits per heavy atom. The first kappa shape index (κ1) is 21.1. The van der Waals surface area contributed by atoms with Crippen molar-refractivity contribution in [3.8, 4) is 0 Å². The van der Waals surface area contributed by atoms with Gasteiger partial charge in [-0.1, -0.05) is 29.8 Å². The summed E-state index contributed by atoms with van der Waals surface area (Å²) < 4.78 is 39.7. The Morgan fingerprint density at radius 3 is 2.44 bits per heavy atom. The van der Waals surface area contributed by atoms with Crippen LogP contribution in [-0.2, 0) is 12.7 Å². The van der Waals surface area contributed by atoms with Crippen LogP contribution in [0, 0.1) is 6.92 Å². The van der Waals surface area contributed by atoms with Crippen molar-refractivity contribution in [3.63, 3.8) is 0 Å². The number of hydrogen-bond acceptors (Lipinski definition) is 2. The van der Waals surface area contributed by atoms with E-state index in [-0.39, 0.29) is 12.1 Å². The van der Waals surface area contributed by atoms with Crippen LogP contribution in [0.2, 0.25) is 5.02 Å². The molecule has 0 atom stereocenters. The summed E-state index contributed by atoms with van der Waals surface area (Å²) in [7, 11) is 3.66. The molecule has 0 N–H and O–H groups in total. The smallest absolute Gasteiger partial charge is 0.370 e. The number of anilines is 1. The largest absolute Gasteiger partial charge is 0.416 e. The molecule has 0 heterocycles. The minimum Gasteiger partial charge on any atom is -0.370 e. The van der Waals surface area contributed by atoms with Crippen molar-refractivity contribution in [1.29, 1.82) is 0 Å². The van der Waals surface area contributed by atoms with E-state index in [0.717, 1.165) is 23.9 Å². The quantitative estimate of drug-likeness (QED) is 0.445. The van der Waals surface area contributed by atoms with Gasteiger partial charge in [-0.15, -0.1) is 0 Å². The summed E-state index contributed by atoms with van der Waals surface area (Å²) in [5, 5.41) is 0.451. The summed E-state index contributed by atoms with van der Waals surface area (Å²) in [5.74, 6) is 0. The van der Waals surface area contributed by atoms with Crippen molar-refractivity contribution in [2.24, 2.45) is 4.99 Å². The number of alkyl halides is 3. The van der Waals surface area contributed by atoms with Gasteiger partial charge in [0, 0.05) is 32.9 Å². The van der Waals surface area contributed by atoms with Crippen molar-refractivity contribution in [1.82, 2.24) is 4.90 Å². The highest BCUT2D eigenvalue weighted by Gasteiger charge is 2.33. The summed E-state index contributed by atoms with van der Waals surface area (Å²) in [6.45, 7) is 4.84. The SMILES string of the molecule is CCN(C)/C=N\c1cc(C)c(N(C)Cc2ccccc2C(F)(F)F)cc1Cl. The number of aryl methyl sites for hydroxylation is 1. The average Bonchev–Trinajstić information content (AvgIpc) is 2.61. The monoisotopic (exact) mass is 397 g/mol. The molecule has 0 saturated heterocycles. The lowest BCUT2D eigenvalue weighted by Gasteiger charge is -2.24. The maximum absolute atomic E-state index is 13.2. The Morgan fingerprint density at radius 1 is 1.15 bits per heavy atom. The zero-order valence-electron chi connectivity index (χ0n) is 15.8. The predicted octanol–water partition coefficient (Wildman–Crippen LogP) is 5.92. The van der Waals surface area contributed by atoms with Gasteiger partial charge in [-0.25, -0.2) is 4.99 Å². The van der Waals surface area contributed by atoms with E-state index in [1.165, 1.54) is 12.1 Å². The lowest BCUT2D eigenvalue weighted by Crippen LogP contribution is -2.20. The second kappa shape index (κ2) is 8.65. The highest BCUT2D eigenvalue weighted by atomic mass is 35.5. The summed E-state index contributed by atoms with van der Waals surface area (Å²) in [5.41, 5.74) is 1.87. The van der Waals surface area contributed by atoms with Crippen molar-refractivity contribution in [2.75, 3.05) is 25.5 Å². The molecule has 0 aliphatic heterocycles. The van der Waals surface area contributed by atoms with Crippen LogP contribution >= 0.6 is 11.6 Å². The second-order valence-electron chi connectivity index (χ2n) is 6.42. The lowest BCUT2D eigenvalue weighted by molar-refractivity contribution is -0.138. The molecule has 2 aromatic carbocycles. The van der Waals surface area contributed by atoms with Gasteiger partial charge in [0.2, 0.25) is 0 Å². The molecule has 2 rings (SSSR count). The number of halogens is 4. The Balaban J connectivity index is 2.29. The Hall–Kier alpha value is -2.21. The fourth-order valence-electron chi connectivity index (χ4n) is 2.68. The van der Waals surface area contributed by atoms with Crippen LogP contribution in [0.3, 0.4) is 0 Å². The molecule has 146 valence electrons. The van der Waals surface area contributed by atoms with Gasteiger partial charge >= 0.3 is 6.18 Å². The maximum Gasteiger partial charge on any atom is 0.416 e. The Labute approximate surface area is 163 Å². The van der Waals surface area contributed by atoms with Gasteiger partial charge in [-0.05, 0) is 43.2 Å². The van der Waals surface area contributed by atoms with Crippen LogP contribution in [0.1, 0.15) is 23.6 Å². The van der Waals surface area contributed by atoms with Crippen LogP contribution in [-0.4, -0.2) is 31.9 Å². The van der Waals surface area contributed by atoms with Gasteiger partial charge in [-0.3, -0.25) is 0 Å². The summed E-state index contributed by atoms with van der Waals surface area (Å²) in [6, 6.07) is 9.19. The summed E-state index contributed by atoms with van der Waals surface area (Å²) in [6.07, 6.45) is -2.68. The molecule has 27 heavy (non-hydrogen) atoms. The Bertz CT molecular complexity index is 819. The number of hydrogen-bond donors (Lipinski definition) is 0. The third-order valence-electron chi connectivity index (χ3n) is 4.30. The molecule has 0 bridgehead atoms. The Kier molecular flexibility index (Phi) is 6.76. The van der Waals surface area contributed by atoms with Crippen LogP contribution in [0.4, 0.5) is 24.5 Å². The molecule has 0 saturated carbocycles. The number of benzene rings is 2. The van der Waals surface area contributed by atoms with Crippen molar-refractivity contribution >= 4 is 29.3 Å². The van der Waals surface area contributed by atoms with E-state index in [0.29, 0.717) is 10.7 Å². The number of aliphatic imine (C=N–C) groups is 1. The average molecular weight is 398 g/mol. The van der Waals surface area contributed by atoms with Gasteiger partial charge in [-0.2, -0.15) is 13.2 Å². The van der Waals surface area contributed by atoms with E-state index in [9.17, 15) is 13.2 Å². The minimum atomic E-state index is -4.38. The topological polar surface area (TPSA) is 18.8 Å². The standard InChI is InChI=1S/C20H23ClF3N3/c1-5-26(3)13-25-18-10-14(2)19(11-17(18)21)27(4)12-15-8-6-7-9-16(15)20(22,23)24/h6-11,13H,5,12H2,1-4H3/b25-13-. The first-order chi connectivity index (χ1) is 12.6. The lowest BCUT2D eigenvalue weighted by atomic mass is 10.1. The molecule has 0 fully saturated rings.